The number of nitrogens with zero attached hydrogens (tertiary/aromatic N) is 1. The van der Waals surface area contributed by atoms with Crippen LogP contribution in [-0.2, 0) is 11.3 Å². The van der Waals surface area contributed by atoms with E-state index >= 15 is 0 Å². The molecule has 0 aliphatic carbocycles. The number of aryl methyl sites for hydroxylation is 1. The van der Waals surface area contributed by atoms with E-state index in [2.05, 4.69) is 15.7 Å². The summed E-state index contributed by atoms with van der Waals surface area (Å²) < 4.78 is 5.37. The Bertz CT molecular complexity index is 336. The molecule has 16 heavy (non-hydrogen) atoms. The van der Waals surface area contributed by atoms with Crippen molar-refractivity contribution in [2.75, 3.05) is 19.1 Å². The summed E-state index contributed by atoms with van der Waals surface area (Å²) in [5.41, 5.74) is 1.15. The molecule has 1 aliphatic rings. The fraction of sp³-hybridized carbons (Fsp3) is 0.727. The Morgan fingerprint density at radius 1 is 1.56 bits per heavy atom. The van der Waals surface area contributed by atoms with Crippen LogP contribution in [0, 0.1) is 6.92 Å². The molecular formula is C11H17ClN2OS. The van der Waals surface area contributed by atoms with Crippen LogP contribution in [0.2, 0.25) is 0 Å². The predicted octanol–water partition coefficient (Wildman–Crippen LogP) is 2.33. The lowest BCUT2D eigenvalue weighted by Crippen LogP contribution is -2.50. The van der Waals surface area contributed by atoms with Gasteiger partial charge in [0, 0.05) is 36.6 Å². The van der Waals surface area contributed by atoms with E-state index in [1.54, 1.807) is 11.3 Å². The maximum atomic E-state index is 6.07. The van der Waals surface area contributed by atoms with Crippen LogP contribution >= 0.6 is 22.9 Å². The zero-order valence-electron chi connectivity index (χ0n) is 9.46. The van der Waals surface area contributed by atoms with Crippen molar-refractivity contribution >= 4 is 22.9 Å². The molecule has 3 nitrogen and oxygen atoms in total. The van der Waals surface area contributed by atoms with E-state index in [-0.39, 0.29) is 5.54 Å². The Kier molecular flexibility index (Phi) is 4.19. The predicted molar refractivity (Wildman–Crippen MR) is 67.2 cm³/mol. The molecule has 1 aliphatic heterocycles. The van der Waals surface area contributed by atoms with Gasteiger partial charge in [0.2, 0.25) is 0 Å². The number of halogens is 1. The summed E-state index contributed by atoms with van der Waals surface area (Å²) in [5, 5.41) is 6.76. The second-order valence-corrected chi connectivity index (χ2v) is 5.57. The van der Waals surface area contributed by atoms with Gasteiger partial charge in [-0.3, -0.25) is 0 Å². The summed E-state index contributed by atoms with van der Waals surface area (Å²) in [6, 6.07) is 0. The third kappa shape index (κ3) is 2.94. The lowest BCUT2D eigenvalue weighted by molar-refractivity contribution is 0.0458. The molecule has 1 saturated heterocycles. The number of hydrogen-bond acceptors (Lipinski definition) is 4. The SMILES string of the molecule is Cc1nc(CNC2(CCl)CCOCC2)cs1. The molecule has 0 unspecified atom stereocenters. The number of rotatable bonds is 4. The van der Waals surface area contributed by atoms with Gasteiger partial charge in [0.25, 0.3) is 0 Å². The Labute approximate surface area is 105 Å². The van der Waals surface area contributed by atoms with Crippen molar-refractivity contribution in [3.05, 3.63) is 16.1 Å². The smallest absolute Gasteiger partial charge is 0.0897 e. The fourth-order valence-electron chi connectivity index (χ4n) is 1.89. The van der Waals surface area contributed by atoms with Crippen LogP contribution in [0.4, 0.5) is 0 Å². The van der Waals surface area contributed by atoms with Gasteiger partial charge < -0.3 is 10.1 Å². The van der Waals surface area contributed by atoms with Crippen LogP contribution in [-0.4, -0.2) is 29.6 Å². The molecule has 5 heteroatoms. The van der Waals surface area contributed by atoms with Gasteiger partial charge in [-0.05, 0) is 19.8 Å². The summed E-state index contributed by atoms with van der Waals surface area (Å²) in [6.45, 7) is 4.43. The molecule has 0 atom stereocenters. The first-order chi connectivity index (χ1) is 7.74. The zero-order valence-corrected chi connectivity index (χ0v) is 11.0. The zero-order chi connectivity index (χ0) is 11.4. The van der Waals surface area contributed by atoms with E-state index in [4.69, 9.17) is 16.3 Å². The average molecular weight is 261 g/mol. The maximum Gasteiger partial charge on any atom is 0.0897 e. The minimum Gasteiger partial charge on any atom is -0.381 e. The number of hydrogen-bond donors (Lipinski definition) is 1. The molecule has 1 aromatic rings. The van der Waals surface area contributed by atoms with Crippen LogP contribution in [0.5, 0.6) is 0 Å². The number of alkyl halides is 1. The highest BCUT2D eigenvalue weighted by Gasteiger charge is 2.31. The average Bonchev–Trinajstić information content (AvgIpc) is 2.74. The Morgan fingerprint density at radius 2 is 2.31 bits per heavy atom. The van der Waals surface area contributed by atoms with Crippen LogP contribution in [0.1, 0.15) is 23.5 Å². The molecule has 1 aromatic heterocycles. The van der Waals surface area contributed by atoms with Crippen molar-refractivity contribution in [1.82, 2.24) is 10.3 Å². The topological polar surface area (TPSA) is 34.2 Å². The van der Waals surface area contributed by atoms with Crippen molar-refractivity contribution in [1.29, 1.82) is 0 Å². The number of nitrogens with one attached hydrogen (secondary N) is 1. The molecule has 2 heterocycles. The van der Waals surface area contributed by atoms with Crippen LogP contribution in [0.3, 0.4) is 0 Å². The molecule has 1 fully saturated rings. The van der Waals surface area contributed by atoms with Gasteiger partial charge in [-0.1, -0.05) is 0 Å². The first-order valence-electron chi connectivity index (χ1n) is 5.54. The molecule has 1 N–H and O–H groups in total. The monoisotopic (exact) mass is 260 g/mol. The van der Waals surface area contributed by atoms with Gasteiger partial charge in [0.1, 0.15) is 0 Å². The molecule has 0 amide bonds. The van der Waals surface area contributed by atoms with Gasteiger partial charge >= 0.3 is 0 Å². The number of ether oxygens (including phenoxy) is 1. The number of aromatic nitrogens is 1. The van der Waals surface area contributed by atoms with Crippen molar-refractivity contribution in [3.8, 4) is 0 Å². The van der Waals surface area contributed by atoms with Crippen molar-refractivity contribution in [3.63, 3.8) is 0 Å². The second kappa shape index (κ2) is 5.45. The van der Waals surface area contributed by atoms with Crippen molar-refractivity contribution in [2.24, 2.45) is 0 Å². The molecule has 0 saturated carbocycles. The Hall–Kier alpha value is -0.160. The Balaban J connectivity index is 1.91. The number of thiazole rings is 1. The highest BCUT2D eigenvalue weighted by molar-refractivity contribution is 7.09. The van der Waals surface area contributed by atoms with Gasteiger partial charge in [0.05, 0.1) is 10.7 Å². The normalized spacial score (nSPS) is 19.9. The summed E-state index contributed by atoms with van der Waals surface area (Å²) >= 11 is 7.76. The lowest BCUT2D eigenvalue weighted by Gasteiger charge is -2.36. The van der Waals surface area contributed by atoms with E-state index in [0.717, 1.165) is 43.3 Å². The molecular weight excluding hydrogens is 244 g/mol. The van der Waals surface area contributed by atoms with Gasteiger partial charge in [-0.15, -0.1) is 22.9 Å². The highest BCUT2D eigenvalue weighted by atomic mass is 35.5. The molecule has 0 spiro atoms. The van der Waals surface area contributed by atoms with Crippen LogP contribution in [0.15, 0.2) is 5.38 Å². The third-order valence-corrected chi connectivity index (χ3v) is 4.35. The summed E-state index contributed by atoms with van der Waals surface area (Å²) in [7, 11) is 0. The summed E-state index contributed by atoms with van der Waals surface area (Å²) in [5.74, 6) is 0.638. The Morgan fingerprint density at radius 3 is 2.88 bits per heavy atom. The van der Waals surface area contributed by atoms with E-state index in [0.29, 0.717) is 5.88 Å². The van der Waals surface area contributed by atoms with Crippen LogP contribution < -0.4 is 5.32 Å². The van der Waals surface area contributed by atoms with Gasteiger partial charge in [-0.2, -0.15) is 0 Å². The van der Waals surface area contributed by atoms with Crippen LogP contribution in [0.25, 0.3) is 0 Å². The lowest BCUT2D eigenvalue weighted by atomic mass is 9.92. The fourth-order valence-corrected chi connectivity index (χ4v) is 2.86. The van der Waals surface area contributed by atoms with Crippen molar-refractivity contribution < 1.29 is 4.74 Å². The molecule has 0 bridgehead atoms. The standard InChI is InChI=1S/C11H17ClN2OS/c1-9-14-10(7-16-9)6-13-11(8-12)2-4-15-5-3-11/h7,13H,2-6,8H2,1H3. The minimum atomic E-state index is 0.0390. The van der Waals surface area contributed by atoms with Crippen molar-refractivity contribution in [2.45, 2.75) is 31.8 Å². The second-order valence-electron chi connectivity index (χ2n) is 4.24. The van der Waals surface area contributed by atoms with E-state index in [9.17, 15) is 0 Å². The van der Waals surface area contributed by atoms with E-state index < -0.39 is 0 Å². The van der Waals surface area contributed by atoms with Gasteiger partial charge in [0.15, 0.2) is 0 Å². The first-order valence-corrected chi connectivity index (χ1v) is 6.95. The van der Waals surface area contributed by atoms with Gasteiger partial charge in [-0.25, -0.2) is 4.98 Å². The third-order valence-electron chi connectivity index (χ3n) is 3.02. The minimum absolute atomic E-state index is 0.0390. The highest BCUT2D eigenvalue weighted by Crippen LogP contribution is 2.23. The quantitative estimate of drug-likeness (QED) is 0.844. The maximum absolute atomic E-state index is 6.07. The molecule has 0 radical (unpaired) electrons. The summed E-state index contributed by atoms with van der Waals surface area (Å²) in [6.07, 6.45) is 1.97. The van der Waals surface area contributed by atoms with E-state index in [1.165, 1.54) is 0 Å². The first kappa shape index (κ1) is 12.3. The molecule has 0 aromatic carbocycles. The molecule has 90 valence electrons. The molecule has 2 rings (SSSR count). The summed E-state index contributed by atoms with van der Waals surface area (Å²) in [4.78, 5) is 4.44. The van der Waals surface area contributed by atoms with E-state index in [1.807, 2.05) is 6.92 Å². The largest absolute Gasteiger partial charge is 0.381 e.